The van der Waals surface area contributed by atoms with Gasteiger partial charge in [0, 0.05) is 12.1 Å². The average molecular weight is 186 g/mol. The number of rotatable bonds is 8. The molecular weight excluding hydrogens is 160 g/mol. The van der Waals surface area contributed by atoms with Crippen LogP contribution < -0.4 is 11.1 Å². The molecule has 0 aromatic carbocycles. The maximum absolute atomic E-state index is 5.77. The van der Waals surface area contributed by atoms with Gasteiger partial charge in [-0.3, -0.25) is 0 Å². The highest BCUT2D eigenvalue weighted by atomic mass is 15.0. The summed E-state index contributed by atoms with van der Waals surface area (Å²) in [5.74, 6) is 0. The Morgan fingerprint density at radius 1 is 1.15 bits per heavy atom. The van der Waals surface area contributed by atoms with E-state index in [2.05, 4.69) is 26.1 Å². The summed E-state index contributed by atoms with van der Waals surface area (Å²) >= 11 is 0. The third-order valence-electron chi connectivity index (χ3n) is 2.61. The smallest absolute Gasteiger partial charge is 0.0275 e. The molecule has 2 heteroatoms. The minimum atomic E-state index is 0.172. The Kier molecular flexibility index (Phi) is 7.29. The van der Waals surface area contributed by atoms with Crippen LogP contribution in [0.25, 0.3) is 0 Å². The van der Waals surface area contributed by atoms with Crippen LogP contribution in [0.2, 0.25) is 0 Å². The van der Waals surface area contributed by atoms with E-state index in [9.17, 15) is 0 Å². The number of nitrogens with one attached hydrogen (secondary N) is 1. The molecule has 0 radical (unpaired) electrons. The van der Waals surface area contributed by atoms with Crippen molar-refractivity contribution in [3.63, 3.8) is 0 Å². The summed E-state index contributed by atoms with van der Waals surface area (Å²) in [7, 11) is 0. The van der Waals surface area contributed by atoms with Crippen molar-refractivity contribution >= 4 is 0 Å². The van der Waals surface area contributed by atoms with Crippen LogP contribution in [0.3, 0.4) is 0 Å². The normalized spacial score (nSPS) is 15.7. The van der Waals surface area contributed by atoms with Crippen LogP contribution in [0.4, 0.5) is 0 Å². The Hall–Kier alpha value is -0.0800. The van der Waals surface area contributed by atoms with Gasteiger partial charge in [0.05, 0.1) is 0 Å². The molecule has 1 atom stereocenters. The monoisotopic (exact) mass is 186 g/mol. The Morgan fingerprint density at radius 2 is 1.77 bits per heavy atom. The van der Waals surface area contributed by atoms with Gasteiger partial charge in [0.15, 0.2) is 0 Å². The zero-order chi connectivity index (χ0) is 10.2. The second-order valence-electron chi connectivity index (χ2n) is 4.15. The zero-order valence-electron chi connectivity index (χ0n) is 9.53. The predicted octanol–water partition coefficient (Wildman–Crippen LogP) is 2.28. The van der Waals surface area contributed by atoms with Crippen LogP contribution in [-0.2, 0) is 0 Å². The largest absolute Gasteiger partial charge is 0.329 e. The Labute approximate surface area is 83.3 Å². The molecule has 80 valence electrons. The van der Waals surface area contributed by atoms with Gasteiger partial charge < -0.3 is 11.1 Å². The molecule has 2 nitrogen and oxygen atoms in total. The van der Waals surface area contributed by atoms with Crippen LogP contribution in [0.5, 0.6) is 0 Å². The molecule has 0 aliphatic heterocycles. The summed E-state index contributed by atoms with van der Waals surface area (Å²) in [6.07, 6.45) is 6.23. The van der Waals surface area contributed by atoms with Crippen molar-refractivity contribution in [1.82, 2.24) is 5.32 Å². The van der Waals surface area contributed by atoms with Crippen LogP contribution in [0, 0.1) is 0 Å². The van der Waals surface area contributed by atoms with E-state index >= 15 is 0 Å². The van der Waals surface area contributed by atoms with Gasteiger partial charge in [-0.15, -0.1) is 0 Å². The number of hydrogen-bond acceptors (Lipinski definition) is 2. The van der Waals surface area contributed by atoms with E-state index in [0.717, 1.165) is 13.1 Å². The fourth-order valence-corrected chi connectivity index (χ4v) is 1.40. The first kappa shape index (κ1) is 12.9. The van der Waals surface area contributed by atoms with Gasteiger partial charge in [0.2, 0.25) is 0 Å². The highest BCUT2D eigenvalue weighted by molar-refractivity contribution is 4.83. The summed E-state index contributed by atoms with van der Waals surface area (Å²) in [6, 6.07) is 0. The van der Waals surface area contributed by atoms with E-state index in [4.69, 9.17) is 5.73 Å². The van der Waals surface area contributed by atoms with Crippen molar-refractivity contribution in [1.29, 1.82) is 0 Å². The minimum absolute atomic E-state index is 0.172. The van der Waals surface area contributed by atoms with Crippen LogP contribution >= 0.6 is 0 Å². The molecular formula is C11H26N2. The molecule has 0 spiro atoms. The van der Waals surface area contributed by atoms with Gasteiger partial charge in [-0.05, 0) is 26.3 Å². The second-order valence-corrected chi connectivity index (χ2v) is 4.15. The molecule has 0 saturated carbocycles. The maximum atomic E-state index is 5.77. The molecule has 1 unspecified atom stereocenters. The molecule has 0 aliphatic rings. The Bertz CT molecular complexity index is 115. The molecule has 0 aliphatic carbocycles. The van der Waals surface area contributed by atoms with Crippen LogP contribution in [0.1, 0.15) is 52.9 Å². The number of unbranched alkanes of at least 4 members (excludes halogenated alkanes) is 2. The summed E-state index contributed by atoms with van der Waals surface area (Å²) in [5.41, 5.74) is 5.94. The fraction of sp³-hybridized carbons (Fsp3) is 1.00. The average Bonchev–Trinajstić information content (AvgIpc) is 2.15. The molecule has 13 heavy (non-hydrogen) atoms. The van der Waals surface area contributed by atoms with E-state index < -0.39 is 0 Å². The molecule has 0 fully saturated rings. The predicted molar refractivity (Wildman–Crippen MR) is 59.9 cm³/mol. The van der Waals surface area contributed by atoms with Crippen molar-refractivity contribution < 1.29 is 0 Å². The van der Waals surface area contributed by atoms with Crippen molar-refractivity contribution in [2.45, 2.75) is 58.4 Å². The van der Waals surface area contributed by atoms with E-state index in [-0.39, 0.29) is 5.54 Å². The molecule has 3 N–H and O–H groups in total. The molecule has 0 heterocycles. The van der Waals surface area contributed by atoms with Gasteiger partial charge in [-0.1, -0.05) is 33.1 Å². The second kappa shape index (κ2) is 7.34. The minimum Gasteiger partial charge on any atom is -0.329 e. The van der Waals surface area contributed by atoms with Crippen molar-refractivity contribution in [3.05, 3.63) is 0 Å². The first-order valence-electron chi connectivity index (χ1n) is 5.63. The summed E-state index contributed by atoms with van der Waals surface area (Å²) in [6.45, 7) is 8.53. The van der Waals surface area contributed by atoms with E-state index in [1.807, 2.05) is 0 Å². The van der Waals surface area contributed by atoms with Gasteiger partial charge in [-0.25, -0.2) is 0 Å². The van der Waals surface area contributed by atoms with Gasteiger partial charge in [0.1, 0.15) is 0 Å². The van der Waals surface area contributed by atoms with Crippen molar-refractivity contribution in [2.75, 3.05) is 13.1 Å². The van der Waals surface area contributed by atoms with Gasteiger partial charge in [-0.2, -0.15) is 0 Å². The SMILES string of the molecule is CCCCNC(C)(CN)CCCC. The number of nitrogens with two attached hydrogens (primary N) is 1. The summed E-state index contributed by atoms with van der Waals surface area (Å²) in [5, 5.41) is 3.56. The van der Waals surface area contributed by atoms with Crippen molar-refractivity contribution in [2.24, 2.45) is 5.73 Å². The van der Waals surface area contributed by atoms with Crippen LogP contribution in [0.15, 0.2) is 0 Å². The maximum Gasteiger partial charge on any atom is 0.0275 e. The molecule has 0 aromatic rings. The molecule has 0 rings (SSSR count). The fourth-order valence-electron chi connectivity index (χ4n) is 1.40. The van der Waals surface area contributed by atoms with Gasteiger partial charge in [0.25, 0.3) is 0 Å². The van der Waals surface area contributed by atoms with E-state index in [1.54, 1.807) is 0 Å². The third kappa shape index (κ3) is 6.05. The highest BCUT2D eigenvalue weighted by Gasteiger charge is 2.19. The van der Waals surface area contributed by atoms with E-state index in [0.29, 0.717) is 0 Å². The Morgan fingerprint density at radius 3 is 2.23 bits per heavy atom. The Balaban J connectivity index is 3.67. The lowest BCUT2D eigenvalue weighted by Crippen LogP contribution is -2.48. The molecule has 0 saturated heterocycles. The van der Waals surface area contributed by atoms with Crippen molar-refractivity contribution in [3.8, 4) is 0 Å². The molecule has 0 aromatic heterocycles. The summed E-state index contributed by atoms with van der Waals surface area (Å²) < 4.78 is 0. The van der Waals surface area contributed by atoms with E-state index in [1.165, 1.54) is 32.1 Å². The topological polar surface area (TPSA) is 38.0 Å². The highest BCUT2D eigenvalue weighted by Crippen LogP contribution is 2.12. The van der Waals surface area contributed by atoms with Gasteiger partial charge >= 0.3 is 0 Å². The standard InChI is InChI=1S/C11H26N2/c1-4-6-8-11(3,10-12)13-9-7-5-2/h13H,4-10,12H2,1-3H3. The molecule has 0 bridgehead atoms. The first-order valence-corrected chi connectivity index (χ1v) is 5.63. The quantitative estimate of drug-likeness (QED) is 0.571. The lowest BCUT2D eigenvalue weighted by molar-refractivity contribution is 0.328. The van der Waals surface area contributed by atoms with Crippen LogP contribution in [-0.4, -0.2) is 18.6 Å². The lowest BCUT2D eigenvalue weighted by Gasteiger charge is -2.29. The molecule has 0 amide bonds. The summed E-state index contributed by atoms with van der Waals surface area (Å²) in [4.78, 5) is 0. The zero-order valence-corrected chi connectivity index (χ0v) is 9.53. The number of hydrogen-bond donors (Lipinski definition) is 2. The lowest BCUT2D eigenvalue weighted by atomic mass is 9.95. The third-order valence-corrected chi connectivity index (χ3v) is 2.61. The first-order chi connectivity index (χ1) is 6.18.